The van der Waals surface area contributed by atoms with Gasteiger partial charge in [-0.25, -0.2) is 4.39 Å². The number of piperidine rings is 1. The molecule has 1 saturated heterocycles. The predicted octanol–water partition coefficient (Wildman–Crippen LogP) is 4.15. The first-order chi connectivity index (χ1) is 13.0. The number of carbonyl (C=O) groups excluding carboxylic acids is 1. The van der Waals surface area contributed by atoms with Crippen molar-refractivity contribution in [3.05, 3.63) is 29.6 Å². The Kier molecular flexibility index (Phi) is 4.30. The van der Waals surface area contributed by atoms with Crippen molar-refractivity contribution in [2.24, 2.45) is 11.8 Å². The number of Topliss-reactive ketones (excluding diaryl/α,β-unsaturated/α-hetero) is 1. The predicted molar refractivity (Wildman–Crippen MR) is 106 cm³/mol. The van der Waals surface area contributed by atoms with Crippen molar-refractivity contribution >= 4 is 11.5 Å². The Morgan fingerprint density at radius 2 is 1.85 bits per heavy atom. The number of hydrogen-bond donors (Lipinski definition) is 0. The summed E-state index contributed by atoms with van der Waals surface area (Å²) in [5.41, 5.74) is 2.25. The second kappa shape index (κ2) is 6.58. The Bertz CT molecular complexity index is 728. The zero-order valence-corrected chi connectivity index (χ0v) is 16.4. The van der Waals surface area contributed by atoms with E-state index in [2.05, 4.69) is 9.80 Å². The molecule has 2 bridgehead atoms. The lowest BCUT2D eigenvalue weighted by atomic mass is 9.73. The van der Waals surface area contributed by atoms with Gasteiger partial charge in [-0.1, -0.05) is 12.8 Å². The molecule has 3 nitrogen and oxygen atoms in total. The minimum atomic E-state index is -0.149. The van der Waals surface area contributed by atoms with Gasteiger partial charge >= 0.3 is 0 Å². The van der Waals surface area contributed by atoms with Gasteiger partial charge in [0.05, 0.1) is 6.54 Å². The van der Waals surface area contributed by atoms with Gasteiger partial charge in [0.2, 0.25) is 0 Å². The first-order valence-corrected chi connectivity index (χ1v) is 10.8. The van der Waals surface area contributed by atoms with Gasteiger partial charge in [-0.15, -0.1) is 0 Å². The van der Waals surface area contributed by atoms with Crippen molar-refractivity contribution in [1.29, 1.82) is 0 Å². The van der Waals surface area contributed by atoms with Crippen LogP contribution in [0.3, 0.4) is 0 Å². The summed E-state index contributed by atoms with van der Waals surface area (Å²) >= 11 is 0. The molecule has 2 saturated carbocycles. The molecule has 2 aliphatic heterocycles. The van der Waals surface area contributed by atoms with Crippen molar-refractivity contribution in [3.8, 4) is 0 Å². The minimum absolute atomic E-state index is 0.0248. The number of rotatable bonds is 3. The summed E-state index contributed by atoms with van der Waals surface area (Å²) in [6.07, 6.45) is 9.34. The van der Waals surface area contributed by atoms with Crippen molar-refractivity contribution in [3.63, 3.8) is 0 Å². The number of halogens is 1. The molecule has 1 aromatic carbocycles. The second-order valence-corrected chi connectivity index (χ2v) is 9.71. The van der Waals surface area contributed by atoms with Crippen LogP contribution in [-0.4, -0.2) is 42.9 Å². The van der Waals surface area contributed by atoms with Gasteiger partial charge < -0.3 is 9.80 Å². The van der Waals surface area contributed by atoms with Crippen LogP contribution in [-0.2, 0) is 10.2 Å². The van der Waals surface area contributed by atoms with Crippen LogP contribution >= 0.6 is 0 Å². The van der Waals surface area contributed by atoms with E-state index in [1.54, 1.807) is 13.0 Å². The lowest BCUT2D eigenvalue weighted by Crippen LogP contribution is -2.50. The molecule has 2 heterocycles. The van der Waals surface area contributed by atoms with E-state index in [0.29, 0.717) is 6.54 Å². The molecule has 1 aromatic rings. The van der Waals surface area contributed by atoms with E-state index in [0.717, 1.165) is 61.6 Å². The van der Waals surface area contributed by atoms with Crippen molar-refractivity contribution < 1.29 is 9.18 Å². The zero-order chi connectivity index (χ0) is 18.6. The summed E-state index contributed by atoms with van der Waals surface area (Å²) in [5.74, 6) is 1.97. The van der Waals surface area contributed by atoms with E-state index in [-0.39, 0.29) is 17.0 Å². The third-order valence-electron chi connectivity index (χ3n) is 7.91. The average Bonchev–Trinajstić information content (AvgIpc) is 3.12. The number of carbonyl (C=O) groups is 1. The summed E-state index contributed by atoms with van der Waals surface area (Å²) in [6.45, 7) is 5.20. The molecule has 0 radical (unpaired) electrons. The normalized spacial score (nSPS) is 32.1. The van der Waals surface area contributed by atoms with Gasteiger partial charge in [0, 0.05) is 23.7 Å². The van der Waals surface area contributed by atoms with Crippen LogP contribution in [0.25, 0.3) is 0 Å². The highest BCUT2D eigenvalue weighted by Crippen LogP contribution is 2.49. The molecule has 1 spiro atoms. The molecule has 146 valence electrons. The third kappa shape index (κ3) is 3.10. The van der Waals surface area contributed by atoms with Crippen LogP contribution in [0.4, 0.5) is 10.1 Å². The summed E-state index contributed by atoms with van der Waals surface area (Å²) in [4.78, 5) is 16.7. The number of ketones is 1. The molecule has 3 fully saturated rings. The van der Waals surface area contributed by atoms with Crippen LogP contribution in [0.2, 0.25) is 0 Å². The van der Waals surface area contributed by atoms with Gasteiger partial charge in [0.1, 0.15) is 11.6 Å². The smallest absolute Gasteiger partial charge is 0.149 e. The summed E-state index contributed by atoms with van der Waals surface area (Å²) < 4.78 is 14.1. The Morgan fingerprint density at radius 3 is 2.52 bits per heavy atom. The average molecular weight is 371 g/mol. The van der Waals surface area contributed by atoms with Crippen molar-refractivity contribution in [1.82, 2.24) is 4.90 Å². The standard InChI is InChI=1S/C23H31FN2O/c1-16(27)14-26-15-23(21-13-19(24)4-5-22(21)26)6-8-25(9-7-23)20-11-17-2-3-18(10-17)12-20/h4-5,13,17-18,20H,2-3,6-12,14-15H2,1H3. The quantitative estimate of drug-likeness (QED) is 0.799. The molecule has 27 heavy (non-hydrogen) atoms. The highest BCUT2D eigenvalue weighted by atomic mass is 19.1. The highest BCUT2D eigenvalue weighted by molar-refractivity contribution is 5.82. The largest absolute Gasteiger partial charge is 0.363 e. The first-order valence-electron chi connectivity index (χ1n) is 10.8. The number of nitrogens with zero attached hydrogens (tertiary/aromatic N) is 2. The maximum absolute atomic E-state index is 14.1. The van der Waals surface area contributed by atoms with Crippen LogP contribution in [0.5, 0.6) is 0 Å². The van der Waals surface area contributed by atoms with Gasteiger partial charge in [-0.3, -0.25) is 4.79 Å². The number of anilines is 1. The Hall–Kier alpha value is -1.42. The van der Waals surface area contributed by atoms with Crippen molar-refractivity contribution in [2.75, 3.05) is 31.1 Å². The topological polar surface area (TPSA) is 23.6 Å². The number of benzene rings is 1. The van der Waals surface area contributed by atoms with E-state index in [9.17, 15) is 9.18 Å². The van der Waals surface area contributed by atoms with E-state index >= 15 is 0 Å². The molecule has 2 unspecified atom stereocenters. The fraction of sp³-hybridized carbons (Fsp3) is 0.696. The molecule has 0 N–H and O–H groups in total. The van der Waals surface area contributed by atoms with Crippen LogP contribution in [0, 0.1) is 17.7 Å². The fourth-order valence-corrected chi connectivity index (χ4v) is 6.67. The molecule has 4 heteroatoms. The fourth-order valence-electron chi connectivity index (χ4n) is 6.67. The molecular formula is C23H31FN2O. The van der Waals surface area contributed by atoms with Crippen LogP contribution in [0.15, 0.2) is 18.2 Å². The lowest BCUT2D eigenvalue weighted by molar-refractivity contribution is -0.115. The monoisotopic (exact) mass is 370 g/mol. The van der Waals surface area contributed by atoms with E-state index in [1.165, 1.54) is 38.2 Å². The minimum Gasteiger partial charge on any atom is -0.363 e. The van der Waals surface area contributed by atoms with Crippen LogP contribution < -0.4 is 4.90 Å². The SMILES string of the molecule is CC(=O)CN1CC2(CCN(C3CC4CCC(C4)C3)CC2)c2cc(F)ccc21. The zero-order valence-electron chi connectivity index (χ0n) is 16.4. The second-order valence-electron chi connectivity index (χ2n) is 9.71. The molecule has 0 aromatic heterocycles. The molecule has 2 aliphatic carbocycles. The summed E-state index contributed by atoms with van der Waals surface area (Å²) in [7, 11) is 0. The van der Waals surface area contributed by atoms with Crippen LogP contribution in [0.1, 0.15) is 57.4 Å². The van der Waals surface area contributed by atoms with Crippen molar-refractivity contribution in [2.45, 2.75) is 63.3 Å². The van der Waals surface area contributed by atoms with E-state index < -0.39 is 0 Å². The molecule has 5 rings (SSSR count). The highest BCUT2D eigenvalue weighted by Gasteiger charge is 2.46. The van der Waals surface area contributed by atoms with Gasteiger partial charge in [-0.05, 0) is 87.7 Å². The van der Waals surface area contributed by atoms with Gasteiger partial charge in [0.15, 0.2) is 0 Å². The number of fused-ring (bicyclic) bond motifs is 4. The lowest BCUT2D eigenvalue weighted by Gasteiger charge is -2.45. The molecule has 4 aliphatic rings. The Balaban J connectivity index is 1.34. The Labute approximate surface area is 161 Å². The summed E-state index contributed by atoms with van der Waals surface area (Å²) in [6, 6.07) is 5.94. The Morgan fingerprint density at radius 1 is 1.15 bits per heavy atom. The van der Waals surface area contributed by atoms with E-state index in [1.807, 2.05) is 6.07 Å². The first kappa shape index (κ1) is 17.7. The summed E-state index contributed by atoms with van der Waals surface area (Å²) in [5, 5.41) is 0. The van der Waals surface area contributed by atoms with Gasteiger partial charge in [-0.2, -0.15) is 0 Å². The number of likely N-dealkylation sites (tertiary alicyclic amines) is 1. The molecule has 2 atom stereocenters. The molecular weight excluding hydrogens is 339 g/mol. The third-order valence-corrected chi connectivity index (χ3v) is 7.91. The van der Waals surface area contributed by atoms with Gasteiger partial charge in [0.25, 0.3) is 0 Å². The molecule has 0 amide bonds. The maximum Gasteiger partial charge on any atom is 0.149 e. The van der Waals surface area contributed by atoms with E-state index in [4.69, 9.17) is 0 Å². The number of hydrogen-bond acceptors (Lipinski definition) is 3. The maximum atomic E-state index is 14.1.